The van der Waals surface area contributed by atoms with E-state index in [-0.39, 0.29) is 0 Å². The number of nitrogens with one attached hydrogen (secondary N) is 1. The monoisotopic (exact) mass is 280 g/mol. The van der Waals surface area contributed by atoms with E-state index in [0.29, 0.717) is 19.7 Å². The van der Waals surface area contributed by atoms with Gasteiger partial charge in [0.15, 0.2) is 5.82 Å². The van der Waals surface area contributed by atoms with Gasteiger partial charge in [-0.2, -0.15) is 5.10 Å². The lowest BCUT2D eigenvalue weighted by atomic mass is 10.2. The van der Waals surface area contributed by atoms with Gasteiger partial charge in [0.1, 0.15) is 6.33 Å². The predicted octanol–water partition coefficient (Wildman–Crippen LogP) is 1.72. The van der Waals surface area contributed by atoms with Crippen LogP contribution < -0.4 is 5.32 Å². The van der Waals surface area contributed by atoms with E-state index in [9.17, 15) is 0 Å². The zero-order valence-electron chi connectivity index (χ0n) is 10.8. The van der Waals surface area contributed by atoms with Crippen LogP contribution >= 0.6 is 11.6 Å². The Bertz CT molecular complexity index is 498. The number of ether oxygens (including phenoxy) is 1. The van der Waals surface area contributed by atoms with E-state index in [2.05, 4.69) is 15.4 Å². The number of nitrogens with zero attached hydrogens (tertiary/aromatic N) is 3. The molecule has 19 heavy (non-hydrogen) atoms. The lowest BCUT2D eigenvalue weighted by molar-refractivity contribution is 0.199. The van der Waals surface area contributed by atoms with Gasteiger partial charge in [-0.1, -0.05) is 23.7 Å². The van der Waals surface area contributed by atoms with Crippen LogP contribution in [0, 0.1) is 0 Å². The van der Waals surface area contributed by atoms with Crippen LogP contribution in [-0.2, 0) is 17.8 Å². The smallest absolute Gasteiger partial charge is 0.164 e. The molecule has 1 aromatic heterocycles. The van der Waals surface area contributed by atoms with Gasteiger partial charge < -0.3 is 10.1 Å². The number of hydrogen-bond donors (Lipinski definition) is 1. The first-order valence-electron chi connectivity index (χ1n) is 6.10. The quantitative estimate of drug-likeness (QED) is 0.785. The molecule has 1 heterocycles. The van der Waals surface area contributed by atoms with Crippen LogP contribution in [0.5, 0.6) is 0 Å². The molecule has 1 N–H and O–H groups in total. The Kier molecular flexibility index (Phi) is 5.32. The molecule has 0 spiro atoms. The van der Waals surface area contributed by atoms with Gasteiger partial charge in [-0.05, 0) is 17.7 Å². The highest BCUT2D eigenvalue weighted by molar-refractivity contribution is 6.30. The molecule has 0 radical (unpaired) electrons. The van der Waals surface area contributed by atoms with Crippen molar-refractivity contribution >= 4 is 11.6 Å². The van der Waals surface area contributed by atoms with Gasteiger partial charge >= 0.3 is 0 Å². The molecular weight excluding hydrogens is 264 g/mol. The third-order valence-corrected chi connectivity index (χ3v) is 2.86. The SMILES string of the molecule is COCCNCc1ncn(Cc2ccc(Cl)cc2)n1. The van der Waals surface area contributed by atoms with Crippen LogP contribution in [0.4, 0.5) is 0 Å². The van der Waals surface area contributed by atoms with Gasteiger partial charge in [-0.3, -0.25) is 0 Å². The summed E-state index contributed by atoms with van der Waals surface area (Å²) in [7, 11) is 1.68. The summed E-state index contributed by atoms with van der Waals surface area (Å²) in [6, 6.07) is 7.73. The molecule has 0 aliphatic heterocycles. The topological polar surface area (TPSA) is 52.0 Å². The molecule has 0 saturated heterocycles. The molecule has 0 fully saturated rings. The van der Waals surface area contributed by atoms with Crippen LogP contribution in [-0.4, -0.2) is 35.0 Å². The highest BCUT2D eigenvalue weighted by atomic mass is 35.5. The Balaban J connectivity index is 1.85. The first kappa shape index (κ1) is 14.0. The number of halogens is 1. The predicted molar refractivity (Wildman–Crippen MR) is 74.2 cm³/mol. The Hall–Kier alpha value is -1.43. The van der Waals surface area contributed by atoms with Gasteiger partial charge in [0, 0.05) is 18.7 Å². The highest BCUT2D eigenvalue weighted by Gasteiger charge is 2.01. The molecule has 5 nitrogen and oxygen atoms in total. The van der Waals surface area contributed by atoms with Gasteiger partial charge in [-0.15, -0.1) is 0 Å². The summed E-state index contributed by atoms with van der Waals surface area (Å²) in [6.07, 6.45) is 1.74. The summed E-state index contributed by atoms with van der Waals surface area (Å²) in [5.74, 6) is 0.782. The van der Waals surface area contributed by atoms with E-state index in [1.54, 1.807) is 13.4 Å². The third kappa shape index (κ3) is 4.63. The Morgan fingerprint density at radius 1 is 1.32 bits per heavy atom. The second kappa shape index (κ2) is 7.23. The van der Waals surface area contributed by atoms with Gasteiger partial charge in [-0.25, -0.2) is 9.67 Å². The van der Waals surface area contributed by atoms with E-state index in [0.717, 1.165) is 23.0 Å². The largest absolute Gasteiger partial charge is 0.383 e. The molecule has 2 rings (SSSR count). The molecule has 102 valence electrons. The highest BCUT2D eigenvalue weighted by Crippen LogP contribution is 2.10. The maximum atomic E-state index is 5.85. The maximum absolute atomic E-state index is 5.85. The van der Waals surface area contributed by atoms with Crippen molar-refractivity contribution in [3.05, 3.63) is 47.0 Å². The van der Waals surface area contributed by atoms with Crippen molar-refractivity contribution in [2.75, 3.05) is 20.3 Å². The zero-order valence-corrected chi connectivity index (χ0v) is 11.6. The van der Waals surface area contributed by atoms with Crippen molar-refractivity contribution in [2.24, 2.45) is 0 Å². The number of aromatic nitrogens is 3. The van der Waals surface area contributed by atoms with Crippen LogP contribution in [0.1, 0.15) is 11.4 Å². The number of benzene rings is 1. The van der Waals surface area contributed by atoms with E-state index in [1.807, 2.05) is 28.9 Å². The van der Waals surface area contributed by atoms with Crippen LogP contribution in [0.15, 0.2) is 30.6 Å². The Morgan fingerprint density at radius 2 is 2.11 bits per heavy atom. The summed E-state index contributed by atoms with van der Waals surface area (Å²) in [6.45, 7) is 2.83. The van der Waals surface area contributed by atoms with Gasteiger partial charge in [0.25, 0.3) is 0 Å². The average Bonchev–Trinajstić information content (AvgIpc) is 2.85. The first-order valence-corrected chi connectivity index (χ1v) is 6.48. The molecule has 0 amide bonds. The minimum absolute atomic E-state index is 0.650. The first-order chi connectivity index (χ1) is 9.28. The fraction of sp³-hybridized carbons (Fsp3) is 0.385. The average molecular weight is 281 g/mol. The number of methoxy groups -OCH3 is 1. The summed E-state index contributed by atoms with van der Waals surface area (Å²) < 4.78 is 6.77. The van der Waals surface area contributed by atoms with Crippen molar-refractivity contribution in [2.45, 2.75) is 13.1 Å². The number of hydrogen-bond acceptors (Lipinski definition) is 4. The Labute approximate surface area is 117 Å². The van der Waals surface area contributed by atoms with E-state index in [1.165, 1.54) is 0 Å². The summed E-state index contributed by atoms with van der Waals surface area (Å²) in [4.78, 5) is 4.25. The van der Waals surface area contributed by atoms with Crippen molar-refractivity contribution in [3.8, 4) is 0 Å². The third-order valence-electron chi connectivity index (χ3n) is 2.61. The van der Waals surface area contributed by atoms with E-state index in [4.69, 9.17) is 16.3 Å². The molecule has 0 saturated carbocycles. The van der Waals surface area contributed by atoms with Gasteiger partial charge in [0.05, 0.1) is 19.7 Å². The second-order valence-corrected chi connectivity index (χ2v) is 4.59. The zero-order chi connectivity index (χ0) is 13.5. The van der Waals surface area contributed by atoms with E-state index < -0.39 is 0 Å². The van der Waals surface area contributed by atoms with E-state index >= 15 is 0 Å². The molecule has 1 aromatic carbocycles. The molecule has 6 heteroatoms. The molecule has 0 bridgehead atoms. The molecular formula is C13H17ClN4O. The molecule has 0 atom stereocenters. The normalized spacial score (nSPS) is 10.8. The molecule has 0 aliphatic carbocycles. The molecule has 2 aromatic rings. The van der Waals surface area contributed by atoms with Crippen molar-refractivity contribution in [3.63, 3.8) is 0 Å². The fourth-order valence-electron chi connectivity index (χ4n) is 1.64. The number of rotatable bonds is 7. The van der Waals surface area contributed by atoms with Crippen LogP contribution in [0.25, 0.3) is 0 Å². The lowest BCUT2D eigenvalue weighted by Crippen LogP contribution is -2.19. The van der Waals surface area contributed by atoms with Crippen molar-refractivity contribution < 1.29 is 4.74 Å². The molecule has 0 aliphatic rings. The lowest BCUT2D eigenvalue weighted by Gasteiger charge is -2.01. The standard InChI is InChI=1S/C13H17ClN4O/c1-19-7-6-15-8-13-16-10-18(17-13)9-11-2-4-12(14)5-3-11/h2-5,10,15H,6-9H2,1H3. The Morgan fingerprint density at radius 3 is 2.84 bits per heavy atom. The fourth-order valence-corrected chi connectivity index (χ4v) is 1.77. The minimum atomic E-state index is 0.650. The molecule has 0 unspecified atom stereocenters. The maximum Gasteiger partial charge on any atom is 0.164 e. The van der Waals surface area contributed by atoms with Crippen molar-refractivity contribution in [1.29, 1.82) is 0 Å². The van der Waals surface area contributed by atoms with Crippen molar-refractivity contribution in [1.82, 2.24) is 20.1 Å². The second-order valence-electron chi connectivity index (χ2n) is 4.15. The summed E-state index contributed by atoms with van der Waals surface area (Å²) >= 11 is 5.85. The van der Waals surface area contributed by atoms with Crippen LogP contribution in [0.2, 0.25) is 5.02 Å². The van der Waals surface area contributed by atoms with Gasteiger partial charge in [0.2, 0.25) is 0 Å². The summed E-state index contributed by atoms with van der Waals surface area (Å²) in [5, 5.41) is 8.34. The van der Waals surface area contributed by atoms with Crippen LogP contribution in [0.3, 0.4) is 0 Å². The minimum Gasteiger partial charge on any atom is -0.383 e. The summed E-state index contributed by atoms with van der Waals surface area (Å²) in [5.41, 5.74) is 1.15.